The van der Waals surface area contributed by atoms with Crippen LogP contribution in [-0.2, 0) is 0 Å². The lowest BCUT2D eigenvalue weighted by Gasteiger charge is -2.14. The maximum absolute atomic E-state index is 11.8. The van der Waals surface area contributed by atoms with Gasteiger partial charge in [-0.2, -0.15) is 5.06 Å². The summed E-state index contributed by atoms with van der Waals surface area (Å²) in [7, 11) is 0. The molecule has 88 valence electrons. The van der Waals surface area contributed by atoms with Crippen LogP contribution in [0.25, 0.3) is 0 Å². The highest BCUT2D eigenvalue weighted by Crippen LogP contribution is 2.19. The Hall–Kier alpha value is -2.07. The SMILES string of the molecule is Cc1ccc(N(O)C(=O)c2ccco2)cc1C. The molecule has 0 aliphatic carbocycles. The van der Waals surface area contributed by atoms with Gasteiger partial charge in [0.1, 0.15) is 0 Å². The molecule has 0 atom stereocenters. The van der Waals surface area contributed by atoms with Gasteiger partial charge in [-0.15, -0.1) is 0 Å². The lowest BCUT2D eigenvalue weighted by Crippen LogP contribution is -2.26. The number of amides is 1. The van der Waals surface area contributed by atoms with E-state index in [1.807, 2.05) is 19.9 Å². The van der Waals surface area contributed by atoms with Crippen LogP contribution in [0.4, 0.5) is 5.69 Å². The monoisotopic (exact) mass is 231 g/mol. The Labute approximate surface area is 99.0 Å². The topological polar surface area (TPSA) is 53.7 Å². The maximum Gasteiger partial charge on any atom is 0.317 e. The second-order valence-electron chi connectivity index (χ2n) is 3.86. The van der Waals surface area contributed by atoms with Crippen LogP contribution < -0.4 is 5.06 Å². The Morgan fingerprint density at radius 1 is 1.24 bits per heavy atom. The van der Waals surface area contributed by atoms with Gasteiger partial charge in [-0.05, 0) is 49.2 Å². The van der Waals surface area contributed by atoms with Gasteiger partial charge in [0.05, 0.1) is 12.0 Å². The minimum atomic E-state index is -0.585. The number of nitrogens with zero attached hydrogens (tertiary/aromatic N) is 1. The molecule has 4 nitrogen and oxygen atoms in total. The fourth-order valence-corrected chi connectivity index (χ4v) is 1.48. The predicted octanol–water partition coefficient (Wildman–Crippen LogP) is 2.93. The summed E-state index contributed by atoms with van der Waals surface area (Å²) in [6, 6.07) is 8.39. The zero-order valence-corrected chi connectivity index (χ0v) is 9.68. The first-order valence-corrected chi connectivity index (χ1v) is 5.23. The van der Waals surface area contributed by atoms with Gasteiger partial charge in [0.2, 0.25) is 0 Å². The summed E-state index contributed by atoms with van der Waals surface area (Å²) < 4.78 is 4.94. The summed E-state index contributed by atoms with van der Waals surface area (Å²) in [4.78, 5) is 11.8. The van der Waals surface area contributed by atoms with Crippen molar-refractivity contribution in [1.82, 2.24) is 0 Å². The number of benzene rings is 1. The molecule has 17 heavy (non-hydrogen) atoms. The number of hydroxylamine groups is 1. The summed E-state index contributed by atoms with van der Waals surface area (Å²) in [5, 5.41) is 10.4. The maximum atomic E-state index is 11.8. The summed E-state index contributed by atoms with van der Waals surface area (Å²) in [5.74, 6) is -0.482. The van der Waals surface area contributed by atoms with Crippen LogP contribution in [0, 0.1) is 13.8 Å². The van der Waals surface area contributed by atoms with Gasteiger partial charge in [0.25, 0.3) is 0 Å². The van der Waals surface area contributed by atoms with Crippen molar-refractivity contribution in [2.24, 2.45) is 0 Å². The molecule has 1 aromatic heterocycles. The van der Waals surface area contributed by atoms with E-state index in [0.717, 1.165) is 11.1 Å². The fraction of sp³-hybridized carbons (Fsp3) is 0.154. The van der Waals surface area contributed by atoms with E-state index in [9.17, 15) is 10.0 Å². The normalized spacial score (nSPS) is 10.3. The van der Waals surface area contributed by atoms with Gasteiger partial charge in [0, 0.05) is 0 Å². The lowest BCUT2D eigenvalue weighted by molar-refractivity contribution is 0.0826. The summed E-state index contributed by atoms with van der Waals surface area (Å²) >= 11 is 0. The molecular weight excluding hydrogens is 218 g/mol. The first-order chi connectivity index (χ1) is 8.09. The molecule has 1 amide bonds. The summed E-state index contributed by atoms with van der Waals surface area (Å²) in [6.45, 7) is 3.89. The Morgan fingerprint density at radius 3 is 2.59 bits per heavy atom. The molecule has 0 fully saturated rings. The number of hydrogen-bond donors (Lipinski definition) is 1. The van der Waals surface area contributed by atoms with Crippen molar-refractivity contribution in [3.63, 3.8) is 0 Å². The van der Waals surface area contributed by atoms with E-state index in [1.54, 1.807) is 18.2 Å². The third-order valence-electron chi connectivity index (χ3n) is 2.66. The zero-order chi connectivity index (χ0) is 12.4. The number of hydrogen-bond acceptors (Lipinski definition) is 3. The highest BCUT2D eigenvalue weighted by Gasteiger charge is 2.18. The molecule has 1 aromatic carbocycles. The van der Waals surface area contributed by atoms with Gasteiger partial charge >= 0.3 is 5.91 Å². The highest BCUT2D eigenvalue weighted by atomic mass is 16.5. The molecule has 2 rings (SSSR count). The first-order valence-electron chi connectivity index (χ1n) is 5.23. The molecule has 1 N–H and O–H groups in total. The number of carbonyl (C=O) groups is 1. The van der Waals surface area contributed by atoms with Crippen LogP contribution >= 0.6 is 0 Å². The third-order valence-corrected chi connectivity index (χ3v) is 2.66. The molecule has 4 heteroatoms. The van der Waals surface area contributed by atoms with E-state index in [4.69, 9.17) is 4.42 Å². The van der Waals surface area contributed by atoms with Gasteiger partial charge in [-0.25, -0.2) is 0 Å². The van der Waals surface area contributed by atoms with Crippen LogP contribution in [-0.4, -0.2) is 11.1 Å². The molecule has 1 heterocycles. The van der Waals surface area contributed by atoms with Crippen molar-refractivity contribution in [3.8, 4) is 0 Å². The van der Waals surface area contributed by atoms with Crippen molar-refractivity contribution in [3.05, 3.63) is 53.5 Å². The van der Waals surface area contributed by atoms with Crippen LogP contribution in [0.3, 0.4) is 0 Å². The largest absolute Gasteiger partial charge is 0.459 e. The standard InChI is InChI=1S/C13H13NO3/c1-9-5-6-11(8-10(9)2)14(16)13(15)12-4-3-7-17-12/h3-8,16H,1-2H3. The third kappa shape index (κ3) is 2.21. The predicted molar refractivity (Wildman–Crippen MR) is 63.2 cm³/mol. The molecule has 2 aromatic rings. The molecule has 0 saturated carbocycles. The van der Waals surface area contributed by atoms with Crippen molar-refractivity contribution in [2.45, 2.75) is 13.8 Å². The minimum absolute atomic E-state index is 0.103. The fourth-order valence-electron chi connectivity index (χ4n) is 1.48. The number of anilines is 1. The van der Waals surface area contributed by atoms with E-state index in [2.05, 4.69) is 0 Å². The highest BCUT2D eigenvalue weighted by molar-refractivity contribution is 6.02. The van der Waals surface area contributed by atoms with Crippen LogP contribution in [0.1, 0.15) is 21.7 Å². The second kappa shape index (κ2) is 4.43. The Kier molecular flexibility index (Phi) is 2.97. The van der Waals surface area contributed by atoms with Crippen molar-refractivity contribution in [1.29, 1.82) is 0 Å². The van der Waals surface area contributed by atoms with Crippen LogP contribution in [0.15, 0.2) is 41.0 Å². The molecule has 0 spiro atoms. The minimum Gasteiger partial charge on any atom is -0.459 e. The molecule has 0 aliphatic rings. The van der Waals surface area contributed by atoms with E-state index in [1.165, 1.54) is 12.3 Å². The Bertz CT molecular complexity index is 532. The molecule has 0 unspecified atom stereocenters. The van der Waals surface area contributed by atoms with E-state index in [-0.39, 0.29) is 5.76 Å². The van der Waals surface area contributed by atoms with Crippen LogP contribution in [0.2, 0.25) is 0 Å². The second-order valence-corrected chi connectivity index (χ2v) is 3.86. The Balaban J connectivity index is 2.28. The number of carbonyl (C=O) groups excluding carboxylic acids is 1. The van der Waals surface area contributed by atoms with Gasteiger partial charge in [0.15, 0.2) is 5.76 Å². The summed E-state index contributed by atoms with van der Waals surface area (Å²) in [5.41, 5.74) is 2.54. The van der Waals surface area contributed by atoms with Crippen LogP contribution in [0.5, 0.6) is 0 Å². The van der Waals surface area contributed by atoms with Crippen molar-refractivity contribution >= 4 is 11.6 Å². The van der Waals surface area contributed by atoms with E-state index >= 15 is 0 Å². The molecule has 0 aliphatic heterocycles. The average molecular weight is 231 g/mol. The summed E-state index contributed by atoms with van der Waals surface area (Å²) in [6.07, 6.45) is 1.39. The quantitative estimate of drug-likeness (QED) is 0.638. The average Bonchev–Trinajstić information content (AvgIpc) is 2.84. The van der Waals surface area contributed by atoms with Gasteiger partial charge in [-0.3, -0.25) is 10.0 Å². The number of rotatable bonds is 2. The number of furan rings is 1. The van der Waals surface area contributed by atoms with Gasteiger partial charge < -0.3 is 4.42 Å². The zero-order valence-electron chi connectivity index (χ0n) is 9.68. The van der Waals surface area contributed by atoms with Gasteiger partial charge in [-0.1, -0.05) is 6.07 Å². The smallest absolute Gasteiger partial charge is 0.317 e. The Morgan fingerprint density at radius 2 is 2.00 bits per heavy atom. The number of aryl methyl sites for hydroxylation is 2. The molecule has 0 bridgehead atoms. The van der Waals surface area contributed by atoms with Crippen molar-refractivity contribution < 1.29 is 14.4 Å². The first kappa shape index (κ1) is 11.4. The molecule has 0 radical (unpaired) electrons. The van der Waals surface area contributed by atoms with Crippen molar-refractivity contribution in [2.75, 3.05) is 5.06 Å². The molecular formula is C13H13NO3. The van der Waals surface area contributed by atoms with E-state index in [0.29, 0.717) is 10.8 Å². The lowest BCUT2D eigenvalue weighted by atomic mass is 10.1. The molecule has 0 saturated heterocycles. The van der Waals surface area contributed by atoms with E-state index < -0.39 is 5.91 Å².